The topological polar surface area (TPSA) is 17.6 Å². The lowest BCUT2D eigenvalue weighted by Crippen LogP contribution is -1.79. The summed E-state index contributed by atoms with van der Waals surface area (Å²) in [5, 5.41) is 1.89. The first-order valence-electron chi connectivity index (χ1n) is 7.49. The van der Waals surface area contributed by atoms with Crippen LogP contribution < -0.4 is 0 Å². The molecule has 0 radical (unpaired) electrons. The number of hydrogen-bond donors (Lipinski definition) is 0. The molecule has 3 heteroatoms. The predicted octanol–water partition coefficient (Wildman–Crippen LogP) is 6.16. The number of hydrogen-bond acceptors (Lipinski definition) is 1. The van der Waals surface area contributed by atoms with Crippen molar-refractivity contribution in [3.63, 3.8) is 0 Å². The molecule has 0 spiro atoms. The molecule has 0 amide bonds. The summed E-state index contributed by atoms with van der Waals surface area (Å²) in [6, 6.07) is 24.4. The Morgan fingerprint density at radius 3 is 2.43 bits per heavy atom. The first-order chi connectivity index (χ1) is 11.3. The molecule has 23 heavy (non-hydrogen) atoms. The molecular formula is C20H12ClNO. The van der Waals surface area contributed by atoms with E-state index in [-0.39, 0.29) is 0 Å². The minimum Gasteiger partial charge on any atom is -0.438 e. The highest BCUT2D eigenvalue weighted by Gasteiger charge is 2.19. The van der Waals surface area contributed by atoms with E-state index in [1.807, 2.05) is 42.5 Å². The number of nitrogens with zero attached hydrogens (tertiary/aromatic N) is 1. The first-order valence-corrected chi connectivity index (χ1v) is 7.87. The molecule has 0 fully saturated rings. The van der Waals surface area contributed by atoms with Gasteiger partial charge < -0.3 is 4.42 Å². The van der Waals surface area contributed by atoms with Crippen LogP contribution >= 0.6 is 11.6 Å². The van der Waals surface area contributed by atoms with Crippen molar-refractivity contribution < 1.29 is 4.42 Å². The molecule has 0 atom stereocenters. The summed E-state index contributed by atoms with van der Waals surface area (Å²) in [5.41, 5.74) is 6.08. The van der Waals surface area contributed by atoms with Gasteiger partial charge in [0.05, 0.1) is 16.6 Å². The molecule has 2 heterocycles. The van der Waals surface area contributed by atoms with Crippen molar-refractivity contribution in [3.8, 4) is 11.1 Å². The van der Waals surface area contributed by atoms with Crippen molar-refractivity contribution in [2.24, 2.45) is 0 Å². The van der Waals surface area contributed by atoms with Crippen molar-refractivity contribution in [2.75, 3.05) is 0 Å². The minimum absolute atomic E-state index is 0.708. The Balaban J connectivity index is 2.05. The van der Waals surface area contributed by atoms with Gasteiger partial charge in [0.1, 0.15) is 0 Å². The molecule has 2 aromatic heterocycles. The van der Waals surface area contributed by atoms with Crippen molar-refractivity contribution in [2.45, 2.75) is 0 Å². The molecule has 0 bridgehead atoms. The lowest BCUT2D eigenvalue weighted by molar-refractivity contribution is 0.658. The van der Waals surface area contributed by atoms with Gasteiger partial charge >= 0.3 is 0 Å². The molecule has 3 aromatic carbocycles. The average Bonchev–Trinajstić information content (AvgIpc) is 3.10. The second-order valence-electron chi connectivity index (χ2n) is 5.61. The van der Waals surface area contributed by atoms with E-state index in [0.29, 0.717) is 5.02 Å². The van der Waals surface area contributed by atoms with Crippen LogP contribution in [0.25, 0.3) is 38.8 Å². The second kappa shape index (κ2) is 4.64. The lowest BCUT2D eigenvalue weighted by atomic mass is 10.0. The number of oxazole rings is 1. The van der Waals surface area contributed by atoms with Gasteiger partial charge in [0.2, 0.25) is 5.71 Å². The molecule has 5 aromatic rings. The molecular weight excluding hydrogens is 306 g/mol. The van der Waals surface area contributed by atoms with Gasteiger partial charge in [-0.1, -0.05) is 60.1 Å². The van der Waals surface area contributed by atoms with Gasteiger partial charge in [-0.25, -0.2) is 0 Å². The fraction of sp³-hybridized carbons (Fsp3) is 0. The molecule has 110 valence electrons. The minimum atomic E-state index is 0.708. The third-order valence-electron chi connectivity index (χ3n) is 4.26. The number of benzene rings is 3. The molecule has 2 nitrogen and oxygen atoms in total. The number of aromatic nitrogens is 1. The zero-order valence-corrected chi connectivity index (χ0v) is 12.9. The van der Waals surface area contributed by atoms with Crippen molar-refractivity contribution in [1.82, 2.24) is 4.40 Å². The van der Waals surface area contributed by atoms with Crippen LogP contribution in [0.4, 0.5) is 0 Å². The summed E-state index contributed by atoms with van der Waals surface area (Å²) in [4.78, 5) is 0. The Hall–Kier alpha value is -2.71. The van der Waals surface area contributed by atoms with Gasteiger partial charge in [0.15, 0.2) is 5.58 Å². The van der Waals surface area contributed by atoms with E-state index in [1.54, 1.807) is 0 Å². The van der Waals surface area contributed by atoms with Gasteiger partial charge in [-0.2, -0.15) is 0 Å². The van der Waals surface area contributed by atoms with E-state index >= 15 is 0 Å². The maximum atomic E-state index is 6.20. The Kier molecular flexibility index (Phi) is 2.58. The van der Waals surface area contributed by atoms with E-state index in [1.165, 1.54) is 5.39 Å². The zero-order chi connectivity index (χ0) is 15.4. The fourth-order valence-electron chi connectivity index (χ4n) is 3.29. The smallest absolute Gasteiger partial charge is 0.213 e. The van der Waals surface area contributed by atoms with Crippen LogP contribution in [-0.4, -0.2) is 4.40 Å². The normalized spacial score (nSPS) is 11.7. The zero-order valence-electron chi connectivity index (χ0n) is 12.2. The van der Waals surface area contributed by atoms with Crippen LogP contribution in [0.2, 0.25) is 5.02 Å². The average molecular weight is 318 g/mol. The highest BCUT2D eigenvalue weighted by Crippen LogP contribution is 2.39. The number of rotatable bonds is 1. The quantitative estimate of drug-likeness (QED) is 0.362. The maximum Gasteiger partial charge on any atom is 0.213 e. The van der Waals surface area contributed by atoms with Gasteiger partial charge in [-0.3, -0.25) is 4.40 Å². The SMILES string of the molecule is Clc1ccc2oc3c(-c4ccccc4)c4ccccc4n3c2c1. The van der Waals surface area contributed by atoms with Gasteiger partial charge in [0.25, 0.3) is 0 Å². The van der Waals surface area contributed by atoms with Crippen molar-refractivity contribution in [1.29, 1.82) is 0 Å². The van der Waals surface area contributed by atoms with Gasteiger partial charge in [-0.15, -0.1) is 0 Å². The highest BCUT2D eigenvalue weighted by atomic mass is 35.5. The summed E-state index contributed by atoms with van der Waals surface area (Å²) >= 11 is 6.20. The van der Waals surface area contributed by atoms with Crippen LogP contribution in [0, 0.1) is 0 Å². The largest absolute Gasteiger partial charge is 0.438 e. The maximum absolute atomic E-state index is 6.20. The molecule has 0 aliphatic carbocycles. The molecule has 0 aliphatic heterocycles. The molecule has 0 saturated carbocycles. The highest BCUT2D eigenvalue weighted by molar-refractivity contribution is 6.31. The molecule has 5 rings (SSSR count). The summed E-state index contributed by atoms with van der Waals surface area (Å²) in [7, 11) is 0. The fourth-order valence-corrected chi connectivity index (χ4v) is 3.46. The standard InChI is InChI=1S/C20H12ClNO/c21-14-10-11-18-17(12-14)22-16-9-5-4-8-15(16)19(20(22)23-18)13-6-2-1-3-7-13/h1-12H. The Morgan fingerprint density at radius 2 is 1.57 bits per heavy atom. The van der Waals surface area contributed by atoms with Gasteiger partial charge in [-0.05, 0) is 29.8 Å². The van der Waals surface area contributed by atoms with E-state index in [4.69, 9.17) is 16.0 Å². The van der Waals surface area contributed by atoms with Crippen molar-refractivity contribution >= 4 is 39.3 Å². The first kappa shape index (κ1) is 12.8. The van der Waals surface area contributed by atoms with E-state index in [0.717, 1.165) is 33.5 Å². The van der Waals surface area contributed by atoms with E-state index in [2.05, 4.69) is 34.7 Å². The van der Waals surface area contributed by atoms with Crippen molar-refractivity contribution in [3.05, 3.63) is 77.8 Å². The Morgan fingerprint density at radius 1 is 0.783 bits per heavy atom. The monoisotopic (exact) mass is 317 g/mol. The van der Waals surface area contributed by atoms with E-state index in [9.17, 15) is 0 Å². The molecule has 0 N–H and O–H groups in total. The number of fused-ring (bicyclic) bond motifs is 5. The Labute approximate surface area is 137 Å². The van der Waals surface area contributed by atoms with Crippen LogP contribution in [0.3, 0.4) is 0 Å². The third kappa shape index (κ3) is 1.76. The summed E-state index contributed by atoms with van der Waals surface area (Å²) < 4.78 is 8.33. The third-order valence-corrected chi connectivity index (χ3v) is 4.50. The van der Waals surface area contributed by atoms with Crippen LogP contribution in [0.15, 0.2) is 77.2 Å². The summed E-state index contributed by atoms with van der Waals surface area (Å²) in [5.74, 6) is 0. The molecule has 0 unspecified atom stereocenters. The predicted molar refractivity (Wildman–Crippen MR) is 95.1 cm³/mol. The number of para-hydroxylation sites is 1. The lowest BCUT2D eigenvalue weighted by Gasteiger charge is -1.99. The van der Waals surface area contributed by atoms with Crippen LogP contribution in [-0.2, 0) is 0 Å². The molecule has 0 saturated heterocycles. The van der Waals surface area contributed by atoms with Gasteiger partial charge in [0, 0.05) is 10.4 Å². The summed E-state index contributed by atoms with van der Waals surface area (Å²) in [6.07, 6.45) is 0. The second-order valence-corrected chi connectivity index (χ2v) is 6.05. The molecule has 0 aliphatic rings. The Bertz CT molecular complexity index is 1170. The van der Waals surface area contributed by atoms with Crippen LogP contribution in [0.1, 0.15) is 0 Å². The van der Waals surface area contributed by atoms with E-state index < -0.39 is 0 Å². The van der Waals surface area contributed by atoms with Crippen LogP contribution in [0.5, 0.6) is 0 Å². The summed E-state index contributed by atoms with van der Waals surface area (Å²) in [6.45, 7) is 0. The number of halogens is 1.